The summed E-state index contributed by atoms with van der Waals surface area (Å²) < 4.78 is 4.68. The molecule has 2 atom stereocenters. The third-order valence-electron chi connectivity index (χ3n) is 3.40. The first kappa shape index (κ1) is 13.5. The molecule has 1 aliphatic rings. The van der Waals surface area contributed by atoms with Gasteiger partial charge in [-0.3, -0.25) is 9.69 Å². The fraction of sp³-hybridized carbons (Fsp3) is 0.917. The predicted octanol–water partition coefficient (Wildman–Crippen LogP) is 1.03. The summed E-state index contributed by atoms with van der Waals surface area (Å²) in [6, 6.07) is 0.244. The van der Waals surface area contributed by atoms with Crippen LogP contribution in [0.1, 0.15) is 32.6 Å². The molecule has 16 heavy (non-hydrogen) atoms. The van der Waals surface area contributed by atoms with Crippen molar-refractivity contribution in [2.75, 3.05) is 26.8 Å². The van der Waals surface area contributed by atoms with Crippen LogP contribution < -0.4 is 0 Å². The molecule has 0 spiro atoms. The van der Waals surface area contributed by atoms with E-state index in [1.807, 2.05) is 0 Å². The molecule has 1 rings (SSSR count). The molecule has 0 aromatic carbocycles. The van der Waals surface area contributed by atoms with E-state index in [-0.39, 0.29) is 18.6 Å². The highest BCUT2D eigenvalue weighted by atomic mass is 16.5. The molecule has 1 fully saturated rings. The summed E-state index contributed by atoms with van der Waals surface area (Å²) in [6.07, 6.45) is 3.70. The van der Waals surface area contributed by atoms with Gasteiger partial charge in [-0.15, -0.1) is 0 Å². The minimum Gasteiger partial charge on any atom is -0.469 e. The van der Waals surface area contributed by atoms with E-state index in [1.54, 1.807) is 0 Å². The molecule has 94 valence electrons. The van der Waals surface area contributed by atoms with Crippen molar-refractivity contribution in [1.29, 1.82) is 0 Å². The van der Waals surface area contributed by atoms with Crippen molar-refractivity contribution in [3.8, 4) is 0 Å². The predicted molar refractivity (Wildman–Crippen MR) is 62.1 cm³/mol. The lowest BCUT2D eigenvalue weighted by atomic mass is 9.94. The van der Waals surface area contributed by atoms with Gasteiger partial charge in [-0.1, -0.05) is 0 Å². The summed E-state index contributed by atoms with van der Waals surface area (Å²) in [5.41, 5.74) is 0. The van der Waals surface area contributed by atoms with E-state index in [4.69, 9.17) is 5.11 Å². The van der Waals surface area contributed by atoms with Crippen LogP contribution in [-0.4, -0.2) is 48.8 Å². The maximum atomic E-state index is 11.2. The number of carbonyl (C=O) groups excluding carboxylic acids is 1. The highest BCUT2D eigenvalue weighted by Gasteiger charge is 2.24. The monoisotopic (exact) mass is 229 g/mol. The molecule has 1 saturated heterocycles. The van der Waals surface area contributed by atoms with Gasteiger partial charge in [0.15, 0.2) is 0 Å². The van der Waals surface area contributed by atoms with Gasteiger partial charge in [-0.25, -0.2) is 0 Å². The maximum Gasteiger partial charge on any atom is 0.307 e. The Kier molecular flexibility index (Phi) is 5.77. The minimum absolute atomic E-state index is 0.142. The highest BCUT2D eigenvalue weighted by molar-refractivity contribution is 5.69. The lowest BCUT2D eigenvalue weighted by molar-refractivity contribution is -0.142. The molecule has 4 nitrogen and oxygen atoms in total. The van der Waals surface area contributed by atoms with Gasteiger partial charge in [-0.05, 0) is 38.6 Å². The number of likely N-dealkylation sites (tertiary alicyclic amines) is 1. The molecule has 0 amide bonds. The molecule has 0 aromatic heterocycles. The standard InChI is InChI=1S/C12H23NO3/c1-10(8-12(15)16-2)13-6-3-4-11(9-13)5-7-14/h10-11,14H,3-9H2,1-2H3. The number of hydrogen-bond acceptors (Lipinski definition) is 4. The smallest absolute Gasteiger partial charge is 0.307 e. The Morgan fingerprint density at radius 1 is 1.62 bits per heavy atom. The third kappa shape index (κ3) is 4.10. The Morgan fingerprint density at radius 3 is 3.00 bits per heavy atom. The summed E-state index contributed by atoms with van der Waals surface area (Å²) >= 11 is 0. The SMILES string of the molecule is COC(=O)CC(C)N1CCCC(CCO)C1. The van der Waals surface area contributed by atoms with Crippen molar-refractivity contribution in [2.45, 2.75) is 38.6 Å². The molecule has 0 aliphatic carbocycles. The molecule has 0 aromatic rings. The van der Waals surface area contributed by atoms with Crippen LogP contribution >= 0.6 is 0 Å². The van der Waals surface area contributed by atoms with Crippen LogP contribution in [0.5, 0.6) is 0 Å². The Balaban J connectivity index is 2.37. The van der Waals surface area contributed by atoms with E-state index < -0.39 is 0 Å². The largest absolute Gasteiger partial charge is 0.469 e. The molecule has 2 unspecified atom stereocenters. The normalized spacial score (nSPS) is 24.1. The topological polar surface area (TPSA) is 49.8 Å². The zero-order valence-corrected chi connectivity index (χ0v) is 10.3. The van der Waals surface area contributed by atoms with Crippen molar-refractivity contribution >= 4 is 5.97 Å². The molecule has 0 saturated carbocycles. The third-order valence-corrected chi connectivity index (χ3v) is 3.40. The summed E-state index contributed by atoms with van der Waals surface area (Å²) in [6.45, 7) is 4.39. The van der Waals surface area contributed by atoms with E-state index >= 15 is 0 Å². The van der Waals surface area contributed by atoms with Gasteiger partial charge in [0.1, 0.15) is 0 Å². The molecular formula is C12H23NO3. The quantitative estimate of drug-likeness (QED) is 0.715. The van der Waals surface area contributed by atoms with Crippen LogP contribution in [0.25, 0.3) is 0 Å². The van der Waals surface area contributed by atoms with Crippen molar-refractivity contribution in [3.05, 3.63) is 0 Å². The van der Waals surface area contributed by atoms with E-state index in [0.29, 0.717) is 12.3 Å². The average Bonchev–Trinajstić information content (AvgIpc) is 2.29. The number of carbonyl (C=O) groups is 1. The van der Waals surface area contributed by atoms with Gasteiger partial charge in [0, 0.05) is 19.2 Å². The first-order chi connectivity index (χ1) is 7.67. The van der Waals surface area contributed by atoms with Crippen molar-refractivity contribution in [1.82, 2.24) is 4.90 Å². The zero-order valence-electron chi connectivity index (χ0n) is 10.3. The van der Waals surface area contributed by atoms with Crippen molar-refractivity contribution in [3.63, 3.8) is 0 Å². The number of aliphatic hydroxyl groups excluding tert-OH is 1. The summed E-state index contributed by atoms with van der Waals surface area (Å²) in [5, 5.41) is 8.93. The average molecular weight is 229 g/mol. The number of hydrogen-bond donors (Lipinski definition) is 1. The number of esters is 1. The van der Waals surface area contributed by atoms with E-state index in [0.717, 1.165) is 25.9 Å². The Hall–Kier alpha value is -0.610. The molecule has 1 heterocycles. The second kappa shape index (κ2) is 6.86. The summed E-state index contributed by atoms with van der Waals surface area (Å²) in [7, 11) is 1.43. The van der Waals surface area contributed by atoms with E-state index in [1.165, 1.54) is 13.5 Å². The molecular weight excluding hydrogens is 206 g/mol. The fourth-order valence-corrected chi connectivity index (χ4v) is 2.37. The first-order valence-corrected chi connectivity index (χ1v) is 6.09. The minimum atomic E-state index is -0.142. The second-order valence-corrected chi connectivity index (χ2v) is 4.64. The van der Waals surface area contributed by atoms with Crippen LogP contribution in [0.2, 0.25) is 0 Å². The molecule has 1 N–H and O–H groups in total. The Bertz CT molecular complexity index is 218. The zero-order chi connectivity index (χ0) is 12.0. The number of ether oxygens (including phenoxy) is 1. The molecule has 4 heteroatoms. The molecule has 0 bridgehead atoms. The van der Waals surface area contributed by atoms with Crippen LogP contribution in [0.15, 0.2) is 0 Å². The van der Waals surface area contributed by atoms with E-state index in [9.17, 15) is 4.79 Å². The molecule has 1 aliphatic heterocycles. The van der Waals surface area contributed by atoms with Gasteiger partial charge in [0.2, 0.25) is 0 Å². The van der Waals surface area contributed by atoms with Crippen LogP contribution in [0.3, 0.4) is 0 Å². The Labute approximate surface area is 97.6 Å². The lowest BCUT2D eigenvalue weighted by Gasteiger charge is -2.36. The van der Waals surface area contributed by atoms with Gasteiger partial charge in [0.25, 0.3) is 0 Å². The summed E-state index contributed by atoms with van der Waals surface area (Å²) in [5.74, 6) is 0.440. The number of nitrogens with zero attached hydrogens (tertiary/aromatic N) is 1. The van der Waals surface area contributed by atoms with Gasteiger partial charge in [0.05, 0.1) is 13.5 Å². The Morgan fingerprint density at radius 2 is 2.38 bits per heavy atom. The fourth-order valence-electron chi connectivity index (χ4n) is 2.37. The number of methoxy groups -OCH3 is 1. The first-order valence-electron chi connectivity index (χ1n) is 6.09. The highest BCUT2D eigenvalue weighted by Crippen LogP contribution is 2.21. The summed E-state index contributed by atoms with van der Waals surface area (Å²) in [4.78, 5) is 13.5. The van der Waals surface area contributed by atoms with Crippen LogP contribution in [0.4, 0.5) is 0 Å². The van der Waals surface area contributed by atoms with Crippen molar-refractivity contribution < 1.29 is 14.6 Å². The van der Waals surface area contributed by atoms with Gasteiger partial charge in [-0.2, -0.15) is 0 Å². The maximum absolute atomic E-state index is 11.2. The number of piperidine rings is 1. The van der Waals surface area contributed by atoms with Crippen LogP contribution in [-0.2, 0) is 9.53 Å². The number of rotatable bonds is 5. The van der Waals surface area contributed by atoms with Gasteiger partial charge >= 0.3 is 5.97 Å². The van der Waals surface area contributed by atoms with E-state index in [2.05, 4.69) is 16.6 Å². The number of aliphatic hydroxyl groups is 1. The van der Waals surface area contributed by atoms with Crippen molar-refractivity contribution in [2.24, 2.45) is 5.92 Å². The molecule has 0 radical (unpaired) electrons. The second-order valence-electron chi connectivity index (χ2n) is 4.64. The lowest BCUT2D eigenvalue weighted by Crippen LogP contribution is -2.42. The van der Waals surface area contributed by atoms with Gasteiger partial charge < -0.3 is 9.84 Å². The van der Waals surface area contributed by atoms with Crippen LogP contribution in [0, 0.1) is 5.92 Å².